The van der Waals surface area contributed by atoms with E-state index in [1.54, 1.807) is 7.11 Å². The predicted molar refractivity (Wildman–Crippen MR) is 62.2 cm³/mol. The van der Waals surface area contributed by atoms with Crippen molar-refractivity contribution in [1.82, 2.24) is 10.2 Å². The van der Waals surface area contributed by atoms with Gasteiger partial charge in [0.1, 0.15) is 0 Å². The van der Waals surface area contributed by atoms with Gasteiger partial charge in [-0.15, -0.1) is 0 Å². The van der Waals surface area contributed by atoms with Crippen molar-refractivity contribution in [3.63, 3.8) is 0 Å². The normalized spacial score (nSPS) is 29.4. The van der Waals surface area contributed by atoms with Crippen LogP contribution in [0, 0.1) is 0 Å². The fourth-order valence-electron chi connectivity index (χ4n) is 2.37. The first-order valence-corrected chi connectivity index (χ1v) is 6.33. The first-order valence-electron chi connectivity index (χ1n) is 6.33. The summed E-state index contributed by atoms with van der Waals surface area (Å²) in [5.41, 5.74) is 0. The Morgan fingerprint density at radius 3 is 2.75 bits per heavy atom. The molecule has 2 rings (SSSR count). The summed E-state index contributed by atoms with van der Waals surface area (Å²) in [5, 5.41) is 3.26. The summed E-state index contributed by atoms with van der Waals surface area (Å²) in [6.45, 7) is 3.83. The molecule has 92 valence electrons. The van der Waals surface area contributed by atoms with E-state index in [-0.39, 0.29) is 18.1 Å². The molecule has 2 aliphatic rings. The van der Waals surface area contributed by atoms with Gasteiger partial charge in [0, 0.05) is 26.2 Å². The Labute approximate surface area is 97.3 Å². The quantitative estimate of drug-likeness (QED) is 0.752. The van der Waals surface area contributed by atoms with Crippen molar-refractivity contribution >= 4 is 5.91 Å². The Bertz CT molecular complexity index is 253. The smallest absolute Gasteiger partial charge is 0.240 e. The van der Waals surface area contributed by atoms with E-state index in [2.05, 4.69) is 17.1 Å². The molecule has 1 aliphatic carbocycles. The summed E-state index contributed by atoms with van der Waals surface area (Å²) < 4.78 is 5.27. The lowest BCUT2D eigenvalue weighted by Crippen LogP contribution is -2.45. The van der Waals surface area contributed by atoms with Crippen molar-refractivity contribution in [1.29, 1.82) is 0 Å². The summed E-state index contributed by atoms with van der Waals surface area (Å²) in [5.74, 6) is 0.281. The molecule has 0 aromatic carbocycles. The maximum Gasteiger partial charge on any atom is 0.240 e. The van der Waals surface area contributed by atoms with Crippen molar-refractivity contribution in [2.24, 2.45) is 0 Å². The maximum atomic E-state index is 12.3. The van der Waals surface area contributed by atoms with Gasteiger partial charge in [-0.1, -0.05) is 6.92 Å². The van der Waals surface area contributed by atoms with Crippen LogP contribution in [0.25, 0.3) is 0 Å². The molecule has 1 amide bonds. The lowest BCUT2D eigenvalue weighted by molar-refractivity contribution is -0.133. The van der Waals surface area contributed by atoms with Crippen LogP contribution in [0.15, 0.2) is 0 Å². The monoisotopic (exact) mass is 226 g/mol. The summed E-state index contributed by atoms with van der Waals surface area (Å²) in [4.78, 5) is 14.4. The van der Waals surface area contributed by atoms with Gasteiger partial charge in [0.05, 0.1) is 12.1 Å². The number of nitrogens with one attached hydrogen (secondary N) is 1. The zero-order chi connectivity index (χ0) is 11.5. The van der Waals surface area contributed by atoms with E-state index in [0.29, 0.717) is 6.04 Å². The molecule has 1 aliphatic heterocycles. The highest BCUT2D eigenvalue weighted by Crippen LogP contribution is 2.28. The second-order valence-electron chi connectivity index (χ2n) is 4.82. The van der Waals surface area contributed by atoms with Crippen LogP contribution in [0.5, 0.6) is 0 Å². The lowest BCUT2D eigenvalue weighted by Gasteiger charge is -2.25. The molecule has 4 heteroatoms. The van der Waals surface area contributed by atoms with E-state index in [0.717, 1.165) is 25.9 Å². The number of carbonyl (C=O) groups is 1. The zero-order valence-corrected chi connectivity index (χ0v) is 10.2. The van der Waals surface area contributed by atoms with Gasteiger partial charge in [0.25, 0.3) is 0 Å². The van der Waals surface area contributed by atoms with Crippen LogP contribution < -0.4 is 5.32 Å². The molecule has 2 atom stereocenters. The minimum Gasteiger partial charge on any atom is -0.380 e. The molecule has 0 aromatic heterocycles. The van der Waals surface area contributed by atoms with Crippen LogP contribution in [0.4, 0.5) is 0 Å². The summed E-state index contributed by atoms with van der Waals surface area (Å²) in [6.07, 6.45) is 4.44. The SMILES string of the molecule is CCCN(C(=O)C1CC(OC)CN1)C1CC1. The third kappa shape index (κ3) is 2.55. The molecule has 2 fully saturated rings. The Balaban J connectivity index is 1.89. The van der Waals surface area contributed by atoms with E-state index in [4.69, 9.17) is 4.74 Å². The topological polar surface area (TPSA) is 41.6 Å². The average molecular weight is 226 g/mol. The molecule has 1 N–H and O–H groups in total. The van der Waals surface area contributed by atoms with Crippen LogP contribution in [-0.4, -0.2) is 49.2 Å². The number of carbonyl (C=O) groups excluding carboxylic acids is 1. The van der Waals surface area contributed by atoms with Crippen molar-refractivity contribution in [3.8, 4) is 0 Å². The summed E-state index contributed by atoms with van der Waals surface area (Å²) in [7, 11) is 1.71. The van der Waals surface area contributed by atoms with Crippen molar-refractivity contribution < 1.29 is 9.53 Å². The van der Waals surface area contributed by atoms with Crippen molar-refractivity contribution in [3.05, 3.63) is 0 Å². The first-order chi connectivity index (χ1) is 7.76. The van der Waals surface area contributed by atoms with Gasteiger partial charge in [0.15, 0.2) is 0 Å². The minimum absolute atomic E-state index is 0.0166. The van der Waals surface area contributed by atoms with Gasteiger partial charge in [0.2, 0.25) is 5.91 Å². The van der Waals surface area contributed by atoms with Crippen LogP contribution in [0.1, 0.15) is 32.6 Å². The predicted octanol–water partition coefficient (Wildman–Crippen LogP) is 0.764. The number of ether oxygens (including phenoxy) is 1. The zero-order valence-electron chi connectivity index (χ0n) is 10.2. The van der Waals surface area contributed by atoms with Crippen molar-refractivity contribution in [2.75, 3.05) is 20.2 Å². The number of rotatable bonds is 5. The van der Waals surface area contributed by atoms with Gasteiger partial charge in [-0.25, -0.2) is 0 Å². The first kappa shape index (κ1) is 11.9. The highest BCUT2D eigenvalue weighted by molar-refractivity contribution is 5.83. The molecule has 4 nitrogen and oxygen atoms in total. The largest absolute Gasteiger partial charge is 0.380 e. The number of hydrogen-bond acceptors (Lipinski definition) is 3. The number of amides is 1. The maximum absolute atomic E-state index is 12.3. The number of hydrogen-bond donors (Lipinski definition) is 1. The Kier molecular flexibility index (Phi) is 3.82. The standard InChI is InChI=1S/C12H22N2O2/c1-3-6-14(9-4-5-9)12(15)11-7-10(16-2)8-13-11/h9-11,13H,3-8H2,1-2H3. The molecule has 0 radical (unpaired) electrons. The average Bonchev–Trinajstić information content (AvgIpc) is 3.02. The molecule has 0 aromatic rings. The molecule has 0 bridgehead atoms. The van der Waals surface area contributed by atoms with E-state index in [9.17, 15) is 4.79 Å². The Morgan fingerprint density at radius 1 is 1.50 bits per heavy atom. The van der Waals surface area contributed by atoms with Crippen LogP contribution >= 0.6 is 0 Å². The summed E-state index contributed by atoms with van der Waals surface area (Å²) in [6, 6.07) is 0.507. The van der Waals surface area contributed by atoms with E-state index < -0.39 is 0 Å². The highest BCUT2D eigenvalue weighted by atomic mass is 16.5. The molecule has 1 saturated carbocycles. The lowest BCUT2D eigenvalue weighted by atomic mass is 10.1. The summed E-state index contributed by atoms with van der Waals surface area (Å²) >= 11 is 0. The Morgan fingerprint density at radius 2 is 2.25 bits per heavy atom. The fourth-order valence-corrected chi connectivity index (χ4v) is 2.37. The number of nitrogens with zero attached hydrogens (tertiary/aromatic N) is 1. The van der Waals surface area contributed by atoms with Gasteiger partial charge >= 0.3 is 0 Å². The minimum atomic E-state index is -0.0166. The van der Waals surface area contributed by atoms with Gasteiger partial charge in [-0.3, -0.25) is 4.79 Å². The van der Waals surface area contributed by atoms with E-state index in [1.165, 1.54) is 12.8 Å². The Hall–Kier alpha value is -0.610. The van der Waals surface area contributed by atoms with Crippen LogP contribution in [0.3, 0.4) is 0 Å². The van der Waals surface area contributed by atoms with E-state index in [1.807, 2.05) is 0 Å². The highest BCUT2D eigenvalue weighted by Gasteiger charge is 2.38. The molecular formula is C12H22N2O2. The van der Waals surface area contributed by atoms with Crippen LogP contribution in [0.2, 0.25) is 0 Å². The third-order valence-electron chi connectivity index (χ3n) is 3.46. The molecular weight excluding hydrogens is 204 g/mol. The van der Waals surface area contributed by atoms with E-state index >= 15 is 0 Å². The molecule has 1 saturated heterocycles. The second kappa shape index (κ2) is 5.15. The van der Waals surface area contributed by atoms with Crippen LogP contribution in [-0.2, 0) is 9.53 Å². The van der Waals surface area contributed by atoms with Crippen molar-refractivity contribution in [2.45, 2.75) is 50.8 Å². The molecule has 0 spiro atoms. The molecule has 2 unspecified atom stereocenters. The second-order valence-corrected chi connectivity index (χ2v) is 4.82. The van der Waals surface area contributed by atoms with Gasteiger partial charge < -0.3 is 15.0 Å². The molecule has 16 heavy (non-hydrogen) atoms. The van der Waals surface area contributed by atoms with Gasteiger partial charge in [-0.05, 0) is 25.7 Å². The number of methoxy groups -OCH3 is 1. The van der Waals surface area contributed by atoms with Gasteiger partial charge in [-0.2, -0.15) is 0 Å². The fraction of sp³-hybridized carbons (Fsp3) is 0.917. The molecule has 1 heterocycles. The third-order valence-corrected chi connectivity index (χ3v) is 3.46.